The van der Waals surface area contributed by atoms with Gasteiger partial charge in [-0.05, 0) is 82.9 Å². The number of phenols is 2. The van der Waals surface area contributed by atoms with Crippen molar-refractivity contribution in [2.75, 3.05) is 7.11 Å². The molecule has 0 aliphatic rings. The maximum atomic E-state index is 13.4. The van der Waals surface area contributed by atoms with Crippen LogP contribution in [0.15, 0.2) is 62.8 Å². The van der Waals surface area contributed by atoms with E-state index in [1.807, 2.05) is 19.9 Å². The third kappa shape index (κ3) is 5.05. The van der Waals surface area contributed by atoms with Crippen molar-refractivity contribution in [3.8, 4) is 28.6 Å². The Bertz CT molecular complexity index is 1260. The molecule has 0 atom stereocenters. The molecule has 2 aromatic carbocycles. The zero-order chi connectivity index (χ0) is 23.4. The zero-order valence-electron chi connectivity index (χ0n) is 19.3. The molecule has 3 aromatic rings. The Morgan fingerprint density at radius 3 is 2.47 bits per heavy atom. The highest BCUT2D eigenvalue weighted by Crippen LogP contribution is 2.35. The quantitative estimate of drug-likeness (QED) is 0.419. The van der Waals surface area contributed by atoms with E-state index in [2.05, 4.69) is 19.9 Å². The van der Waals surface area contributed by atoms with Crippen LogP contribution >= 0.6 is 0 Å². The standard InChI is InChI=1S/C27H30O5/c1-16(2)7-6-8-17(3)9-11-20-26(30)25-22(29)13-18(4)14-24(25)32-27(20)19-10-12-23(31-5)21(28)15-19/h7,9-10,12-15,28-29H,6,8,11H2,1-5H3/b17-9-. The third-order valence-electron chi connectivity index (χ3n) is 5.40. The van der Waals surface area contributed by atoms with Crippen molar-refractivity contribution in [1.82, 2.24) is 0 Å². The Hall–Kier alpha value is -3.47. The summed E-state index contributed by atoms with van der Waals surface area (Å²) in [6.45, 7) is 8.01. The first kappa shape index (κ1) is 23.2. The summed E-state index contributed by atoms with van der Waals surface area (Å²) in [7, 11) is 1.48. The van der Waals surface area contributed by atoms with E-state index in [-0.39, 0.29) is 22.3 Å². The fraction of sp³-hybridized carbons (Fsp3) is 0.296. The average molecular weight is 435 g/mol. The zero-order valence-corrected chi connectivity index (χ0v) is 19.3. The number of hydrogen-bond donors (Lipinski definition) is 2. The topological polar surface area (TPSA) is 79.9 Å². The van der Waals surface area contributed by atoms with Gasteiger partial charge in [-0.1, -0.05) is 23.3 Å². The molecular weight excluding hydrogens is 404 g/mol. The minimum Gasteiger partial charge on any atom is -0.507 e. The molecule has 0 saturated carbocycles. The summed E-state index contributed by atoms with van der Waals surface area (Å²) < 4.78 is 11.3. The van der Waals surface area contributed by atoms with Crippen LogP contribution in [0.2, 0.25) is 0 Å². The van der Waals surface area contributed by atoms with Crippen LogP contribution in [-0.4, -0.2) is 17.3 Å². The molecule has 1 aromatic heterocycles. The maximum Gasteiger partial charge on any atom is 0.200 e. The van der Waals surface area contributed by atoms with Gasteiger partial charge in [0.2, 0.25) is 5.43 Å². The fourth-order valence-electron chi connectivity index (χ4n) is 3.69. The molecule has 0 radical (unpaired) electrons. The number of aromatic hydroxyl groups is 2. The van der Waals surface area contributed by atoms with Crippen LogP contribution in [0.25, 0.3) is 22.3 Å². The van der Waals surface area contributed by atoms with Gasteiger partial charge >= 0.3 is 0 Å². The second-order valence-corrected chi connectivity index (χ2v) is 8.36. The number of benzene rings is 2. The molecule has 3 rings (SSSR count). The van der Waals surface area contributed by atoms with Crippen LogP contribution in [0.3, 0.4) is 0 Å². The van der Waals surface area contributed by atoms with E-state index in [0.29, 0.717) is 34.6 Å². The summed E-state index contributed by atoms with van der Waals surface area (Å²) in [5.41, 5.74) is 4.26. The van der Waals surface area contributed by atoms with Gasteiger partial charge in [-0.15, -0.1) is 0 Å². The van der Waals surface area contributed by atoms with E-state index < -0.39 is 0 Å². The van der Waals surface area contributed by atoms with Crippen LogP contribution < -0.4 is 10.2 Å². The van der Waals surface area contributed by atoms with Crippen LogP contribution in [0.1, 0.15) is 44.7 Å². The summed E-state index contributed by atoms with van der Waals surface area (Å²) in [5.74, 6) is 0.573. The lowest BCUT2D eigenvalue weighted by atomic mass is 9.99. The highest BCUT2D eigenvalue weighted by Gasteiger charge is 2.19. The van der Waals surface area contributed by atoms with Gasteiger partial charge in [0.25, 0.3) is 0 Å². The SMILES string of the molecule is COc1ccc(-c2oc3cc(C)cc(O)c3c(=O)c2C/C=C(/C)CCC=C(C)C)cc1O. The molecule has 0 spiro atoms. The van der Waals surface area contributed by atoms with Gasteiger partial charge in [0.15, 0.2) is 11.5 Å². The monoisotopic (exact) mass is 434 g/mol. The maximum absolute atomic E-state index is 13.4. The van der Waals surface area contributed by atoms with Crippen molar-refractivity contribution >= 4 is 11.0 Å². The number of hydrogen-bond acceptors (Lipinski definition) is 5. The summed E-state index contributed by atoms with van der Waals surface area (Å²) in [6, 6.07) is 8.18. The third-order valence-corrected chi connectivity index (χ3v) is 5.40. The molecule has 0 amide bonds. The van der Waals surface area contributed by atoms with Crippen molar-refractivity contribution in [1.29, 1.82) is 0 Å². The Labute approximate surface area is 188 Å². The van der Waals surface area contributed by atoms with Crippen LogP contribution in [-0.2, 0) is 6.42 Å². The summed E-state index contributed by atoms with van der Waals surface area (Å²) in [4.78, 5) is 13.4. The summed E-state index contributed by atoms with van der Waals surface area (Å²) in [5, 5.41) is 20.9. The van der Waals surface area contributed by atoms with Crippen LogP contribution in [0, 0.1) is 6.92 Å². The minimum absolute atomic E-state index is 0.0424. The fourth-order valence-corrected chi connectivity index (χ4v) is 3.69. The molecule has 0 saturated heterocycles. The van der Waals surface area contributed by atoms with E-state index in [1.54, 1.807) is 24.3 Å². The molecule has 2 N–H and O–H groups in total. The largest absolute Gasteiger partial charge is 0.507 e. The normalized spacial score (nSPS) is 11.6. The lowest BCUT2D eigenvalue weighted by Gasteiger charge is -2.12. The second kappa shape index (κ2) is 9.77. The molecule has 1 heterocycles. The van der Waals surface area contributed by atoms with Gasteiger partial charge < -0.3 is 19.4 Å². The predicted octanol–water partition coefficient (Wildman–Crippen LogP) is 6.42. The van der Waals surface area contributed by atoms with Crippen molar-refractivity contribution in [2.24, 2.45) is 0 Å². The van der Waals surface area contributed by atoms with E-state index in [1.165, 1.54) is 24.3 Å². The number of allylic oxidation sites excluding steroid dienone is 4. The molecule has 0 bridgehead atoms. The molecule has 5 nitrogen and oxygen atoms in total. The summed E-state index contributed by atoms with van der Waals surface area (Å²) in [6.07, 6.45) is 6.40. The number of rotatable bonds is 7. The minimum atomic E-state index is -0.276. The van der Waals surface area contributed by atoms with Gasteiger partial charge in [0.05, 0.1) is 7.11 Å². The van der Waals surface area contributed by atoms with Gasteiger partial charge in [-0.25, -0.2) is 0 Å². The highest BCUT2D eigenvalue weighted by molar-refractivity contribution is 5.86. The molecule has 0 fully saturated rings. The number of methoxy groups -OCH3 is 1. The van der Waals surface area contributed by atoms with Crippen molar-refractivity contribution in [3.05, 3.63) is 75.0 Å². The van der Waals surface area contributed by atoms with E-state index in [0.717, 1.165) is 18.4 Å². The molecule has 5 heteroatoms. The van der Waals surface area contributed by atoms with E-state index >= 15 is 0 Å². The number of aryl methyl sites for hydroxylation is 1. The lowest BCUT2D eigenvalue weighted by Crippen LogP contribution is -2.11. The first-order valence-corrected chi connectivity index (χ1v) is 10.7. The summed E-state index contributed by atoms with van der Waals surface area (Å²) >= 11 is 0. The van der Waals surface area contributed by atoms with E-state index in [4.69, 9.17) is 9.15 Å². The molecule has 32 heavy (non-hydrogen) atoms. The van der Waals surface area contributed by atoms with Crippen LogP contribution in [0.5, 0.6) is 17.2 Å². The van der Waals surface area contributed by atoms with Crippen molar-refractivity contribution in [2.45, 2.75) is 47.0 Å². The molecular formula is C27H30O5. The van der Waals surface area contributed by atoms with Crippen LogP contribution in [0.4, 0.5) is 0 Å². The molecule has 168 valence electrons. The number of fused-ring (bicyclic) bond motifs is 1. The van der Waals surface area contributed by atoms with Gasteiger partial charge in [0.1, 0.15) is 22.5 Å². The van der Waals surface area contributed by atoms with Crippen molar-refractivity contribution in [3.63, 3.8) is 0 Å². The Balaban J connectivity index is 2.15. The second-order valence-electron chi connectivity index (χ2n) is 8.36. The van der Waals surface area contributed by atoms with Crippen molar-refractivity contribution < 1.29 is 19.4 Å². The Morgan fingerprint density at radius 1 is 1.06 bits per heavy atom. The number of phenolic OH excluding ortho intramolecular Hbond substituents is 2. The Kier molecular flexibility index (Phi) is 7.08. The first-order valence-electron chi connectivity index (χ1n) is 10.7. The highest BCUT2D eigenvalue weighted by atomic mass is 16.5. The van der Waals surface area contributed by atoms with E-state index in [9.17, 15) is 15.0 Å². The molecule has 0 unspecified atom stereocenters. The van der Waals surface area contributed by atoms with Gasteiger partial charge in [-0.2, -0.15) is 0 Å². The van der Waals surface area contributed by atoms with Gasteiger partial charge in [-0.3, -0.25) is 4.79 Å². The molecule has 0 aliphatic carbocycles. The molecule has 0 aliphatic heterocycles. The first-order chi connectivity index (χ1) is 15.2. The number of ether oxygens (including phenoxy) is 1. The van der Waals surface area contributed by atoms with Gasteiger partial charge in [0, 0.05) is 11.1 Å². The predicted molar refractivity (Wildman–Crippen MR) is 129 cm³/mol. The smallest absolute Gasteiger partial charge is 0.200 e. The average Bonchev–Trinajstić information content (AvgIpc) is 2.71. The lowest BCUT2D eigenvalue weighted by molar-refractivity contribution is 0.373. The Morgan fingerprint density at radius 2 is 1.81 bits per heavy atom.